The molecule has 180 valence electrons. The Hall–Kier alpha value is -4.46. The van der Waals surface area contributed by atoms with E-state index in [4.69, 9.17) is 10.7 Å². The summed E-state index contributed by atoms with van der Waals surface area (Å²) in [7, 11) is 3.93. The average molecular weight is 477 g/mol. The number of rotatable bonds is 4. The van der Waals surface area contributed by atoms with Gasteiger partial charge in [-0.1, -0.05) is 24.1 Å². The topological polar surface area (TPSA) is 89.0 Å². The van der Waals surface area contributed by atoms with Crippen molar-refractivity contribution in [1.82, 2.24) is 19.4 Å². The lowest BCUT2D eigenvalue weighted by Gasteiger charge is -2.32. The molecule has 3 aromatic rings. The number of carbonyl (C=O) groups is 1. The fraction of sp³-hybridized carbons (Fsp3) is 0.241. The van der Waals surface area contributed by atoms with Crippen LogP contribution in [0.25, 0.3) is 6.08 Å². The van der Waals surface area contributed by atoms with Crippen LogP contribution in [0.15, 0.2) is 54.7 Å². The predicted octanol–water partition coefficient (Wildman–Crippen LogP) is 3.47. The second-order valence-electron chi connectivity index (χ2n) is 8.87. The van der Waals surface area contributed by atoms with Crippen molar-refractivity contribution >= 4 is 17.7 Å². The third-order valence-electron chi connectivity index (χ3n) is 6.35. The summed E-state index contributed by atoms with van der Waals surface area (Å²) in [5.74, 6) is 6.96. The summed E-state index contributed by atoms with van der Waals surface area (Å²) >= 11 is 0. The fourth-order valence-corrected chi connectivity index (χ4v) is 3.89. The fourth-order valence-electron chi connectivity index (χ4n) is 3.89. The number of hydrogen-bond acceptors (Lipinski definition) is 5. The van der Waals surface area contributed by atoms with E-state index in [1.54, 1.807) is 42.6 Å². The number of hydrogen-bond donors (Lipinski definition) is 1. The SMILES string of the molecule is Cc1ccc(C#N)cc1C#Cc1cnc(/C=C\C(=N)c2ccc(C(=O)N3CCN(C)CC3)cc2)n1C. The molecule has 0 radical (unpaired) electrons. The molecule has 2 heterocycles. The number of carbonyl (C=O) groups excluding carboxylic acids is 1. The first kappa shape index (κ1) is 24.7. The Morgan fingerprint density at radius 2 is 1.72 bits per heavy atom. The highest BCUT2D eigenvalue weighted by Gasteiger charge is 2.20. The van der Waals surface area contributed by atoms with Gasteiger partial charge in [0.2, 0.25) is 0 Å². The molecule has 0 bridgehead atoms. The van der Waals surface area contributed by atoms with Crippen LogP contribution in [0, 0.1) is 35.5 Å². The standard InChI is InChI=1S/C29H28N6O/c1-21-4-5-22(19-30)18-25(21)10-11-26-20-32-28(34(26)3)13-12-27(31)23-6-8-24(9-7-23)29(36)35-16-14-33(2)15-17-35/h4-9,12-13,18,20,31H,14-17H2,1-3H3/b13-12-,31-27?. The molecule has 1 aliphatic heterocycles. The van der Waals surface area contributed by atoms with Crippen LogP contribution < -0.4 is 0 Å². The molecule has 1 aliphatic rings. The highest BCUT2D eigenvalue weighted by molar-refractivity contribution is 6.09. The molecule has 1 aromatic heterocycles. The maximum Gasteiger partial charge on any atom is 0.253 e. The van der Waals surface area contributed by atoms with Crippen molar-refractivity contribution in [1.29, 1.82) is 10.7 Å². The van der Waals surface area contributed by atoms with Gasteiger partial charge in [-0.2, -0.15) is 5.26 Å². The molecular weight excluding hydrogens is 448 g/mol. The third-order valence-corrected chi connectivity index (χ3v) is 6.35. The highest BCUT2D eigenvalue weighted by atomic mass is 16.2. The number of aromatic nitrogens is 2. The molecule has 36 heavy (non-hydrogen) atoms. The summed E-state index contributed by atoms with van der Waals surface area (Å²) in [6.45, 7) is 5.19. The second-order valence-corrected chi connectivity index (χ2v) is 8.87. The first-order chi connectivity index (χ1) is 17.4. The van der Waals surface area contributed by atoms with Crippen molar-refractivity contribution in [2.24, 2.45) is 7.05 Å². The summed E-state index contributed by atoms with van der Waals surface area (Å²) in [5, 5.41) is 17.5. The van der Waals surface area contributed by atoms with Crippen LogP contribution in [0.2, 0.25) is 0 Å². The Balaban J connectivity index is 1.43. The number of piperazine rings is 1. The van der Waals surface area contributed by atoms with Crippen LogP contribution in [-0.4, -0.2) is 64.2 Å². The smallest absolute Gasteiger partial charge is 0.253 e. The summed E-state index contributed by atoms with van der Waals surface area (Å²) in [5.41, 5.74) is 4.82. The molecule has 1 amide bonds. The Bertz CT molecular complexity index is 1420. The summed E-state index contributed by atoms with van der Waals surface area (Å²) < 4.78 is 1.86. The quantitative estimate of drug-likeness (QED) is 0.461. The number of benzene rings is 2. The van der Waals surface area contributed by atoms with Gasteiger partial charge in [0.25, 0.3) is 5.91 Å². The maximum absolute atomic E-state index is 12.7. The Morgan fingerprint density at radius 1 is 1.03 bits per heavy atom. The van der Waals surface area contributed by atoms with E-state index in [1.165, 1.54) is 0 Å². The molecule has 0 unspecified atom stereocenters. The highest BCUT2D eigenvalue weighted by Crippen LogP contribution is 2.13. The third kappa shape index (κ3) is 5.60. The van der Waals surface area contributed by atoms with Gasteiger partial charge in [-0.3, -0.25) is 4.79 Å². The van der Waals surface area contributed by atoms with E-state index >= 15 is 0 Å². The van der Waals surface area contributed by atoms with Gasteiger partial charge in [-0.15, -0.1) is 0 Å². The van der Waals surface area contributed by atoms with Crippen molar-refractivity contribution in [2.75, 3.05) is 33.2 Å². The lowest BCUT2D eigenvalue weighted by molar-refractivity contribution is 0.0664. The number of imidazole rings is 1. The van der Waals surface area contributed by atoms with Crippen LogP contribution in [0.1, 0.15) is 44.1 Å². The van der Waals surface area contributed by atoms with E-state index in [2.05, 4.69) is 34.8 Å². The lowest BCUT2D eigenvalue weighted by atomic mass is 10.1. The zero-order valence-corrected chi connectivity index (χ0v) is 20.7. The number of nitrogens with one attached hydrogen (secondary N) is 1. The van der Waals surface area contributed by atoms with E-state index < -0.39 is 0 Å². The number of nitriles is 1. The van der Waals surface area contributed by atoms with Crippen molar-refractivity contribution in [3.8, 4) is 17.9 Å². The van der Waals surface area contributed by atoms with Crippen molar-refractivity contribution in [2.45, 2.75) is 6.92 Å². The molecule has 1 N–H and O–H groups in total. The summed E-state index contributed by atoms with van der Waals surface area (Å²) in [6.07, 6.45) is 5.16. The van der Waals surface area contributed by atoms with Gasteiger partial charge in [-0.25, -0.2) is 4.98 Å². The first-order valence-electron chi connectivity index (χ1n) is 11.7. The molecule has 4 rings (SSSR count). The number of likely N-dealkylation sites (N-methyl/N-ethyl adjacent to an activating group) is 1. The van der Waals surface area contributed by atoms with Gasteiger partial charge in [0.1, 0.15) is 11.5 Å². The lowest BCUT2D eigenvalue weighted by Crippen LogP contribution is -2.47. The Labute approximate surface area is 211 Å². The minimum atomic E-state index is 0.0351. The number of allylic oxidation sites excluding steroid dienone is 1. The van der Waals surface area contributed by atoms with Crippen LogP contribution in [-0.2, 0) is 7.05 Å². The maximum atomic E-state index is 12.7. The van der Waals surface area contributed by atoms with Crippen molar-refractivity contribution < 1.29 is 4.79 Å². The number of aryl methyl sites for hydroxylation is 1. The van der Waals surface area contributed by atoms with Gasteiger partial charge < -0.3 is 19.8 Å². The van der Waals surface area contributed by atoms with Gasteiger partial charge in [0, 0.05) is 44.4 Å². The van der Waals surface area contributed by atoms with E-state index in [0.29, 0.717) is 22.7 Å². The van der Waals surface area contributed by atoms with E-state index in [-0.39, 0.29) is 5.91 Å². The summed E-state index contributed by atoms with van der Waals surface area (Å²) in [6, 6.07) is 14.8. The van der Waals surface area contributed by atoms with Crippen LogP contribution in [0.4, 0.5) is 0 Å². The Kier molecular flexibility index (Phi) is 7.44. The monoisotopic (exact) mass is 476 g/mol. The van der Waals surface area contributed by atoms with Crippen LogP contribution >= 0.6 is 0 Å². The molecule has 0 saturated carbocycles. The summed E-state index contributed by atoms with van der Waals surface area (Å²) in [4.78, 5) is 21.2. The van der Waals surface area contributed by atoms with E-state index in [9.17, 15) is 4.79 Å². The van der Waals surface area contributed by atoms with Gasteiger partial charge in [-0.05, 0) is 67.4 Å². The largest absolute Gasteiger partial charge is 0.336 e. The molecule has 0 spiro atoms. The first-order valence-corrected chi connectivity index (χ1v) is 11.7. The number of amides is 1. The average Bonchev–Trinajstić information content (AvgIpc) is 3.25. The molecule has 1 fully saturated rings. The molecule has 7 heteroatoms. The second kappa shape index (κ2) is 10.9. The van der Waals surface area contributed by atoms with Gasteiger partial charge >= 0.3 is 0 Å². The van der Waals surface area contributed by atoms with E-state index in [0.717, 1.165) is 48.6 Å². The van der Waals surface area contributed by atoms with Crippen molar-refractivity contribution in [3.05, 3.63) is 94.1 Å². The normalized spacial score (nSPS) is 13.8. The molecular formula is C29H28N6O. The van der Waals surface area contributed by atoms with Crippen LogP contribution in [0.3, 0.4) is 0 Å². The van der Waals surface area contributed by atoms with E-state index in [1.807, 2.05) is 41.6 Å². The van der Waals surface area contributed by atoms with Crippen molar-refractivity contribution in [3.63, 3.8) is 0 Å². The minimum Gasteiger partial charge on any atom is -0.336 e. The Morgan fingerprint density at radius 3 is 2.42 bits per heavy atom. The predicted molar refractivity (Wildman–Crippen MR) is 141 cm³/mol. The molecule has 2 aromatic carbocycles. The zero-order chi connectivity index (χ0) is 25.7. The van der Waals surface area contributed by atoms with Gasteiger partial charge in [0.05, 0.1) is 23.5 Å². The minimum absolute atomic E-state index is 0.0351. The molecule has 7 nitrogen and oxygen atoms in total. The van der Waals surface area contributed by atoms with Gasteiger partial charge in [0.15, 0.2) is 0 Å². The zero-order valence-electron chi connectivity index (χ0n) is 20.7. The molecule has 1 saturated heterocycles. The molecule has 0 aliphatic carbocycles. The molecule has 0 atom stereocenters. The van der Waals surface area contributed by atoms with Crippen LogP contribution in [0.5, 0.6) is 0 Å². The number of nitrogens with zero attached hydrogens (tertiary/aromatic N) is 5.